The molecule has 0 unspecified atom stereocenters. The van der Waals surface area contributed by atoms with Crippen LogP contribution in [0.5, 0.6) is 0 Å². The van der Waals surface area contributed by atoms with Crippen molar-refractivity contribution in [2.24, 2.45) is 19.1 Å². The van der Waals surface area contributed by atoms with Crippen LogP contribution in [0.25, 0.3) is 0 Å². The topological polar surface area (TPSA) is 21.2 Å². The van der Waals surface area contributed by atoms with Crippen molar-refractivity contribution in [1.82, 2.24) is 4.57 Å². The lowest BCUT2D eigenvalue weighted by Gasteiger charge is -1.95. The van der Waals surface area contributed by atoms with Gasteiger partial charge in [-0.3, -0.25) is 0 Å². The molecule has 0 saturated heterocycles. The van der Waals surface area contributed by atoms with Gasteiger partial charge in [0.2, 0.25) is 0 Å². The summed E-state index contributed by atoms with van der Waals surface area (Å²) in [5.74, 6) is 0. The summed E-state index contributed by atoms with van der Waals surface area (Å²) in [6, 6.07) is 7.97. The molecule has 2 aromatic heterocycles. The van der Waals surface area contributed by atoms with Crippen molar-refractivity contribution in [2.75, 3.05) is 0 Å². The average molecular weight is 200 g/mol. The Balaban J connectivity index is 2.38. The van der Waals surface area contributed by atoms with Crippen LogP contribution < -0.4 is 9.92 Å². The maximum absolute atomic E-state index is 4.50. The zero-order chi connectivity index (χ0) is 10.7. The number of aryl methyl sites for hydroxylation is 2. The lowest BCUT2D eigenvalue weighted by Crippen LogP contribution is -2.25. The zero-order valence-electron chi connectivity index (χ0n) is 8.96. The summed E-state index contributed by atoms with van der Waals surface area (Å²) in [5.41, 5.74) is 0.974. The molecule has 0 saturated carbocycles. The Bertz CT molecular complexity index is 489. The van der Waals surface area contributed by atoms with Gasteiger partial charge in [0.15, 0.2) is 12.4 Å². The fourth-order valence-corrected chi connectivity index (χ4v) is 1.28. The fourth-order valence-electron chi connectivity index (χ4n) is 1.28. The SMILES string of the molecule is Cn1ccc(=Nc2cc[n+](C)cc2)cc1. The van der Waals surface area contributed by atoms with Crippen LogP contribution >= 0.6 is 0 Å². The van der Waals surface area contributed by atoms with E-state index in [0.717, 1.165) is 11.0 Å². The van der Waals surface area contributed by atoms with Crippen molar-refractivity contribution in [3.63, 3.8) is 0 Å². The molecule has 0 aliphatic heterocycles. The summed E-state index contributed by atoms with van der Waals surface area (Å²) < 4.78 is 3.98. The standard InChI is InChI=1S/C12H14N3/c1-14-7-3-11(4-8-14)13-12-5-9-15(2)10-6-12/h3-10H,1-2H3/q+1. The lowest BCUT2D eigenvalue weighted by atomic mass is 10.4. The van der Waals surface area contributed by atoms with Crippen molar-refractivity contribution >= 4 is 5.69 Å². The molecule has 0 aliphatic carbocycles. The van der Waals surface area contributed by atoms with Gasteiger partial charge in [0.25, 0.3) is 0 Å². The van der Waals surface area contributed by atoms with E-state index in [1.807, 2.05) is 72.3 Å². The second kappa shape index (κ2) is 4.09. The molecule has 3 nitrogen and oxygen atoms in total. The molecule has 2 heterocycles. The monoisotopic (exact) mass is 200 g/mol. The molecule has 0 fully saturated rings. The number of aromatic nitrogens is 2. The molecule has 2 aromatic rings. The zero-order valence-corrected chi connectivity index (χ0v) is 8.96. The third kappa shape index (κ3) is 2.53. The molecular formula is C12H14N3+. The molecule has 0 bridgehead atoms. The van der Waals surface area contributed by atoms with Crippen LogP contribution in [0.3, 0.4) is 0 Å². The first-order valence-electron chi connectivity index (χ1n) is 4.86. The maximum atomic E-state index is 4.50. The molecule has 0 atom stereocenters. The van der Waals surface area contributed by atoms with E-state index in [4.69, 9.17) is 0 Å². The van der Waals surface area contributed by atoms with Crippen molar-refractivity contribution in [1.29, 1.82) is 0 Å². The first-order chi connectivity index (χ1) is 7.24. The fraction of sp³-hybridized carbons (Fsp3) is 0.167. The molecule has 0 radical (unpaired) electrons. The second-order valence-corrected chi connectivity index (χ2v) is 3.56. The molecule has 2 rings (SSSR count). The third-order valence-electron chi connectivity index (χ3n) is 2.18. The Kier molecular flexibility index (Phi) is 2.63. The van der Waals surface area contributed by atoms with E-state index in [0.29, 0.717) is 0 Å². The molecule has 0 N–H and O–H groups in total. The molecule has 0 spiro atoms. The number of nitrogens with zero attached hydrogens (tertiary/aromatic N) is 3. The number of rotatable bonds is 1. The van der Waals surface area contributed by atoms with E-state index in [9.17, 15) is 0 Å². The van der Waals surface area contributed by atoms with Crippen LogP contribution in [0.4, 0.5) is 5.69 Å². The quantitative estimate of drug-likeness (QED) is 0.614. The third-order valence-corrected chi connectivity index (χ3v) is 2.18. The Morgan fingerprint density at radius 3 is 2.27 bits per heavy atom. The minimum atomic E-state index is 0.974. The summed E-state index contributed by atoms with van der Waals surface area (Å²) in [6.45, 7) is 0. The van der Waals surface area contributed by atoms with Gasteiger partial charge in [0, 0.05) is 31.6 Å². The predicted octanol–water partition coefficient (Wildman–Crippen LogP) is 1.08. The summed E-state index contributed by atoms with van der Waals surface area (Å²) >= 11 is 0. The summed E-state index contributed by atoms with van der Waals surface area (Å²) in [4.78, 5) is 4.50. The van der Waals surface area contributed by atoms with Crippen LogP contribution in [0.1, 0.15) is 0 Å². The predicted molar refractivity (Wildman–Crippen MR) is 58.3 cm³/mol. The maximum Gasteiger partial charge on any atom is 0.170 e. The normalized spacial score (nSPS) is 10.0. The van der Waals surface area contributed by atoms with E-state index in [1.54, 1.807) is 0 Å². The molecule has 3 heteroatoms. The minimum absolute atomic E-state index is 0.974. The first-order valence-corrected chi connectivity index (χ1v) is 4.86. The Hall–Kier alpha value is -1.90. The average Bonchev–Trinajstić information content (AvgIpc) is 2.25. The summed E-state index contributed by atoms with van der Waals surface area (Å²) in [7, 11) is 3.98. The van der Waals surface area contributed by atoms with Gasteiger partial charge in [-0.15, -0.1) is 0 Å². The highest BCUT2D eigenvalue weighted by atomic mass is 14.9. The molecule has 76 valence electrons. The highest BCUT2D eigenvalue weighted by Gasteiger charge is 1.92. The largest absolute Gasteiger partial charge is 0.357 e. The van der Waals surface area contributed by atoms with Crippen LogP contribution in [0.2, 0.25) is 0 Å². The second-order valence-electron chi connectivity index (χ2n) is 3.56. The molecule has 15 heavy (non-hydrogen) atoms. The van der Waals surface area contributed by atoms with Gasteiger partial charge >= 0.3 is 0 Å². The van der Waals surface area contributed by atoms with Gasteiger partial charge < -0.3 is 4.57 Å². The van der Waals surface area contributed by atoms with E-state index in [-0.39, 0.29) is 0 Å². The number of hydrogen-bond acceptors (Lipinski definition) is 1. The molecular weight excluding hydrogens is 186 g/mol. The highest BCUT2D eigenvalue weighted by Crippen LogP contribution is 2.05. The van der Waals surface area contributed by atoms with Crippen molar-refractivity contribution in [3.8, 4) is 0 Å². The van der Waals surface area contributed by atoms with Gasteiger partial charge in [0.1, 0.15) is 7.05 Å². The first kappa shape index (κ1) is 9.65. The van der Waals surface area contributed by atoms with Crippen LogP contribution in [0, 0.1) is 0 Å². The Morgan fingerprint density at radius 2 is 1.67 bits per heavy atom. The number of hydrogen-bond donors (Lipinski definition) is 0. The highest BCUT2D eigenvalue weighted by molar-refractivity contribution is 5.32. The van der Waals surface area contributed by atoms with E-state index >= 15 is 0 Å². The van der Waals surface area contributed by atoms with Crippen molar-refractivity contribution in [2.45, 2.75) is 0 Å². The smallest absolute Gasteiger partial charge is 0.170 e. The molecule has 0 aromatic carbocycles. The van der Waals surface area contributed by atoms with Crippen molar-refractivity contribution < 1.29 is 4.57 Å². The Labute approximate surface area is 89.0 Å². The summed E-state index contributed by atoms with van der Waals surface area (Å²) in [6.07, 6.45) is 7.95. The van der Waals surface area contributed by atoms with Gasteiger partial charge in [-0.25, -0.2) is 9.56 Å². The number of pyridine rings is 2. The molecule has 0 amide bonds. The molecule has 0 aliphatic rings. The summed E-state index contributed by atoms with van der Waals surface area (Å²) in [5, 5.41) is 0.974. The van der Waals surface area contributed by atoms with Gasteiger partial charge in [-0.2, -0.15) is 0 Å². The van der Waals surface area contributed by atoms with E-state index in [1.165, 1.54) is 0 Å². The minimum Gasteiger partial charge on any atom is -0.357 e. The lowest BCUT2D eigenvalue weighted by molar-refractivity contribution is -0.671. The Morgan fingerprint density at radius 1 is 1.07 bits per heavy atom. The van der Waals surface area contributed by atoms with Crippen LogP contribution in [-0.4, -0.2) is 4.57 Å². The van der Waals surface area contributed by atoms with Crippen molar-refractivity contribution in [3.05, 3.63) is 54.4 Å². The van der Waals surface area contributed by atoms with Gasteiger partial charge in [0.05, 0.1) is 11.0 Å². The van der Waals surface area contributed by atoms with Crippen LogP contribution in [0.15, 0.2) is 54.0 Å². The van der Waals surface area contributed by atoms with E-state index < -0.39 is 0 Å². The van der Waals surface area contributed by atoms with Gasteiger partial charge in [-0.1, -0.05) is 0 Å². The van der Waals surface area contributed by atoms with Gasteiger partial charge in [-0.05, 0) is 12.1 Å². The van der Waals surface area contributed by atoms with E-state index in [2.05, 4.69) is 4.99 Å². The van der Waals surface area contributed by atoms with Crippen LogP contribution in [-0.2, 0) is 14.1 Å².